The van der Waals surface area contributed by atoms with Crippen molar-refractivity contribution in [2.24, 2.45) is 0 Å². The molecule has 0 unspecified atom stereocenters. The van der Waals surface area contributed by atoms with Crippen molar-refractivity contribution in [1.82, 2.24) is 15.3 Å². The van der Waals surface area contributed by atoms with E-state index in [-0.39, 0.29) is 12.3 Å². The molecule has 0 saturated carbocycles. The molecular formula is C20H21N5O2. The van der Waals surface area contributed by atoms with Crippen LogP contribution in [0.1, 0.15) is 5.69 Å². The summed E-state index contributed by atoms with van der Waals surface area (Å²) < 4.78 is 5.48. The highest BCUT2D eigenvalue weighted by atomic mass is 16.3. The van der Waals surface area contributed by atoms with E-state index in [0.29, 0.717) is 17.4 Å². The zero-order valence-corrected chi connectivity index (χ0v) is 14.9. The molecule has 1 saturated heterocycles. The van der Waals surface area contributed by atoms with Gasteiger partial charge in [-0.15, -0.1) is 0 Å². The Morgan fingerprint density at radius 3 is 2.81 bits per heavy atom. The van der Waals surface area contributed by atoms with Gasteiger partial charge in [0.05, 0.1) is 12.1 Å². The molecule has 0 atom stereocenters. The summed E-state index contributed by atoms with van der Waals surface area (Å²) in [6.07, 6.45) is 3.37. The van der Waals surface area contributed by atoms with Gasteiger partial charge >= 0.3 is 0 Å². The molecule has 0 spiro atoms. The smallest absolute Gasteiger partial charge is 0.231 e. The minimum absolute atomic E-state index is 0.135. The van der Waals surface area contributed by atoms with E-state index < -0.39 is 0 Å². The number of carbonyl (C=O) groups excluding carboxylic acids is 1. The Kier molecular flexibility index (Phi) is 5.11. The second-order valence-corrected chi connectivity index (χ2v) is 6.37. The van der Waals surface area contributed by atoms with Gasteiger partial charge in [0.25, 0.3) is 0 Å². The Morgan fingerprint density at radius 1 is 1.19 bits per heavy atom. The van der Waals surface area contributed by atoms with Gasteiger partial charge in [-0.25, -0.2) is 9.97 Å². The number of anilines is 2. The summed E-state index contributed by atoms with van der Waals surface area (Å²) in [5, 5.41) is 6.17. The van der Waals surface area contributed by atoms with Crippen LogP contribution in [0.3, 0.4) is 0 Å². The molecule has 7 heteroatoms. The van der Waals surface area contributed by atoms with Crippen LogP contribution >= 0.6 is 0 Å². The summed E-state index contributed by atoms with van der Waals surface area (Å²) in [7, 11) is 0. The number of amides is 1. The van der Waals surface area contributed by atoms with Gasteiger partial charge in [0, 0.05) is 49.7 Å². The fourth-order valence-electron chi connectivity index (χ4n) is 3.06. The number of nitrogens with one attached hydrogen (secondary N) is 2. The van der Waals surface area contributed by atoms with Crippen molar-refractivity contribution in [3.05, 3.63) is 60.6 Å². The predicted octanol–water partition coefficient (Wildman–Crippen LogP) is 2.33. The monoisotopic (exact) mass is 363 g/mol. The Morgan fingerprint density at radius 2 is 2.00 bits per heavy atom. The van der Waals surface area contributed by atoms with Crippen molar-refractivity contribution in [3.8, 4) is 11.5 Å². The molecule has 138 valence electrons. The zero-order chi connectivity index (χ0) is 18.5. The van der Waals surface area contributed by atoms with Crippen LogP contribution in [0.15, 0.2) is 59.3 Å². The van der Waals surface area contributed by atoms with Crippen LogP contribution in [0.25, 0.3) is 11.5 Å². The summed E-state index contributed by atoms with van der Waals surface area (Å²) in [5.74, 6) is 0.882. The lowest BCUT2D eigenvalue weighted by molar-refractivity contribution is -0.115. The van der Waals surface area contributed by atoms with Crippen LogP contribution in [-0.4, -0.2) is 42.1 Å². The number of hydrogen-bond donors (Lipinski definition) is 2. The standard InChI is InChI=1S/C20H21N5O2/c26-19(12-16-14-27-20(23-16)15-4-2-1-3-5-15)24-18-13-17(6-7-22-18)25-10-8-21-9-11-25/h1-7,13-14,21H,8-12H2,(H,22,24,26). The fourth-order valence-corrected chi connectivity index (χ4v) is 3.06. The van der Waals surface area contributed by atoms with Crippen LogP contribution < -0.4 is 15.5 Å². The van der Waals surface area contributed by atoms with Crippen LogP contribution in [0.5, 0.6) is 0 Å². The second kappa shape index (κ2) is 8.01. The summed E-state index contributed by atoms with van der Waals surface area (Å²) >= 11 is 0. The molecule has 3 heterocycles. The van der Waals surface area contributed by atoms with Crippen molar-refractivity contribution < 1.29 is 9.21 Å². The van der Waals surface area contributed by atoms with Gasteiger partial charge < -0.3 is 20.0 Å². The molecule has 1 aromatic carbocycles. The number of aromatic nitrogens is 2. The lowest BCUT2D eigenvalue weighted by atomic mass is 10.2. The van der Waals surface area contributed by atoms with E-state index >= 15 is 0 Å². The van der Waals surface area contributed by atoms with Crippen molar-refractivity contribution in [1.29, 1.82) is 0 Å². The molecule has 27 heavy (non-hydrogen) atoms. The largest absolute Gasteiger partial charge is 0.444 e. The first-order chi connectivity index (χ1) is 13.3. The highest BCUT2D eigenvalue weighted by Crippen LogP contribution is 2.20. The quantitative estimate of drug-likeness (QED) is 0.724. The molecule has 1 aliphatic heterocycles. The van der Waals surface area contributed by atoms with Gasteiger partial charge in [-0.3, -0.25) is 4.79 Å². The molecule has 4 rings (SSSR count). The van der Waals surface area contributed by atoms with Crippen LogP contribution in [0.2, 0.25) is 0 Å². The number of rotatable bonds is 5. The third-order valence-electron chi connectivity index (χ3n) is 4.41. The van der Waals surface area contributed by atoms with Crippen LogP contribution in [-0.2, 0) is 11.2 Å². The first-order valence-corrected chi connectivity index (χ1v) is 8.99. The van der Waals surface area contributed by atoms with Crippen molar-refractivity contribution in [3.63, 3.8) is 0 Å². The molecule has 3 aromatic rings. The number of hydrogen-bond acceptors (Lipinski definition) is 6. The van der Waals surface area contributed by atoms with Crippen molar-refractivity contribution >= 4 is 17.4 Å². The van der Waals surface area contributed by atoms with E-state index in [0.717, 1.165) is 37.4 Å². The summed E-state index contributed by atoms with van der Waals surface area (Å²) in [4.78, 5) is 23.3. The van der Waals surface area contributed by atoms with E-state index in [1.165, 1.54) is 6.26 Å². The van der Waals surface area contributed by atoms with E-state index in [2.05, 4.69) is 25.5 Å². The molecule has 2 N–H and O–H groups in total. The normalized spacial score (nSPS) is 14.1. The molecule has 2 aromatic heterocycles. The Hall–Kier alpha value is -3.19. The number of carbonyl (C=O) groups is 1. The number of piperazine rings is 1. The Balaban J connectivity index is 1.39. The molecule has 1 amide bonds. The lowest BCUT2D eigenvalue weighted by Crippen LogP contribution is -2.43. The molecule has 1 fully saturated rings. The second-order valence-electron chi connectivity index (χ2n) is 6.37. The highest BCUT2D eigenvalue weighted by Gasteiger charge is 2.13. The predicted molar refractivity (Wildman–Crippen MR) is 104 cm³/mol. The molecule has 1 aliphatic rings. The number of oxazole rings is 1. The van der Waals surface area contributed by atoms with E-state index in [9.17, 15) is 4.79 Å². The molecule has 0 aliphatic carbocycles. The Labute approximate surface area is 157 Å². The third-order valence-corrected chi connectivity index (χ3v) is 4.41. The van der Waals surface area contributed by atoms with Crippen molar-refractivity contribution in [2.45, 2.75) is 6.42 Å². The fraction of sp³-hybridized carbons (Fsp3) is 0.250. The van der Waals surface area contributed by atoms with Gasteiger partial charge in [-0.2, -0.15) is 0 Å². The summed E-state index contributed by atoms with van der Waals surface area (Å²) in [6.45, 7) is 3.80. The number of pyridine rings is 1. The third kappa shape index (κ3) is 4.32. The highest BCUT2D eigenvalue weighted by molar-refractivity contribution is 5.91. The average Bonchev–Trinajstić information content (AvgIpc) is 3.18. The number of nitrogens with zero attached hydrogens (tertiary/aromatic N) is 3. The maximum Gasteiger partial charge on any atom is 0.231 e. The molecule has 7 nitrogen and oxygen atoms in total. The first kappa shape index (κ1) is 17.2. The van der Waals surface area contributed by atoms with Crippen LogP contribution in [0, 0.1) is 0 Å². The molecule has 0 bridgehead atoms. The lowest BCUT2D eigenvalue weighted by Gasteiger charge is -2.29. The van der Waals surface area contributed by atoms with E-state index in [1.54, 1.807) is 6.20 Å². The van der Waals surface area contributed by atoms with Gasteiger partial charge in [0.1, 0.15) is 12.1 Å². The molecular weight excluding hydrogens is 342 g/mol. The minimum atomic E-state index is -0.173. The SMILES string of the molecule is O=C(Cc1coc(-c2ccccc2)n1)Nc1cc(N2CCNCC2)ccn1. The van der Waals surface area contributed by atoms with Gasteiger partial charge in [0.2, 0.25) is 11.8 Å². The Bertz CT molecular complexity index is 904. The van der Waals surface area contributed by atoms with E-state index in [1.807, 2.05) is 42.5 Å². The minimum Gasteiger partial charge on any atom is -0.444 e. The van der Waals surface area contributed by atoms with Gasteiger partial charge in [-0.05, 0) is 18.2 Å². The maximum atomic E-state index is 12.4. The number of benzene rings is 1. The van der Waals surface area contributed by atoms with E-state index in [4.69, 9.17) is 4.42 Å². The molecule has 0 radical (unpaired) electrons. The average molecular weight is 363 g/mol. The van der Waals surface area contributed by atoms with Gasteiger partial charge in [-0.1, -0.05) is 18.2 Å². The summed E-state index contributed by atoms with van der Waals surface area (Å²) in [5.41, 5.74) is 2.54. The van der Waals surface area contributed by atoms with Crippen LogP contribution in [0.4, 0.5) is 11.5 Å². The maximum absolute atomic E-state index is 12.4. The van der Waals surface area contributed by atoms with Gasteiger partial charge in [0.15, 0.2) is 0 Å². The van der Waals surface area contributed by atoms with Crippen molar-refractivity contribution in [2.75, 3.05) is 36.4 Å². The first-order valence-electron chi connectivity index (χ1n) is 8.99. The summed E-state index contributed by atoms with van der Waals surface area (Å²) in [6, 6.07) is 13.5. The zero-order valence-electron chi connectivity index (χ0n) is 14.9. The topological polar surface area (TPSA) is 83.3 Å².